The molecule has 4 nitrogen and oxygen atoms in total. The summed E-state index contributed by atoms with van der Waals surface area (Å²) >= 11 is 0. The van der Waals surface area contributed by atoms with Crippen molar-refractivity contribution in [3.05, 3.63) is 48.0 Å². The Balaban J connectivity index is 2.10. The molecule has 1 aromatic rings. The van der Waals surface area contributed by atoms with Crippen LogP contribution in [-0.2, 0) is 16.0 Å². The van der Waals surface area contributed by atoms with Crippen LogP contribution in [0.2, 0.25) is 0 Å². The molecule has 2 rings (SSSR count). The summed E-state index contributed by atoms with van der Waals surface area (Å²) in [6.45, 7) is 6.25. The van der Waals surface area contributed by atoms with Crippen molar-refractivity contribution in [2.24, 2.45) is 5.41 Å². The van der Waals surface area contributed by atoms with Gasteiger partial charge in [-0.25, -0.2) is 9.69 Å². The van der Waals surface area contributed by atoms with E-state index in [1.165, 1.54) is 11.0 Å². The van der Waals surface area contributed by atoms with Gasteiger partial charge in [0, 0.05) is 6.08 Å². The Kier molecular flexibility index (Phi) is 4.46. The fraction of sp³-hybridized carbons (Fsp3) is 0.412. The molecule has 0 aromatic heterocycles. The van der Waals surface area contributed by atoms with Crippen molar-refractivity contribution >= 4 is 12.0 Å². The molecule has 1 fully saturated rings. The summed E-state index contributed by atoms with van der Waals surface area (Å²) in [5.41, 5.74) is 0.979. The lowest BCUT2D eigenvalue weighted by atomic mass is 9.96. The fourth-order valence-corrected chi connectivity index (χ4v) is 2.17. The predicted molar refractivity (Wildman–Crippen MR) is 80.7 cm³/mol. The Hall–Kier alpha value is -2.10. The molecule has 2 amide bonds. The molecular formula is C17H21NO3. The molecule has 112 valence electrons. The van der Waals surface area contributed by atoms with Crippen LogP contribution in [0.15, 0.2) is 42.5 Å². The topological polar surface area (TPSA) is 46.6 Å². The van der Waals surface area contributed by atoms with Gasteiger partial charge in [0.15, 0.2) is 0 Å². The largest absolute Gasteiger partial charge is 0.447 e. The summed E-state index contributed by atoms with van der Waals surface area (Å²) < 4.78 is 5.04. The highest BCUT2D eigenvalue weighted by Crippen LogP contribution is 2.19. The number of hydrogen-bond acceptors (Lipinski definition) is 3. The first-order chi connectivity index (χ1) is 9.87. The molecule has 0 unspecified atom stereocenters. The van der Waals surface area contributed by atoms with E-state index in [1.807, 2.05) is 51.1 Å². The molecular weight excluding hydrogens is 266 g/mol. The monoisotopic (exact) mass is 287 g/mol. The van der Waals surface area contributed by atoms with Gasteiger partial charge < -0.3 is 4.74 Å². The summed E-state index contributed by atoms with van der Waals surface area (Å²) in [6.07, 6.45) is 3.33. The number of cyclic esters (lactones) is 1. The zero-order valence-electron chi connectivity index (χ0n) is 12.7. The second kappa shape index (κ2) is 6.12. The minimum atomic E-state index is -0.556. The van der Waals surface area contributed by atoms with Crippen LogP contribution in [0, 0.1) is 5.41 Å². The molecule has 0 radical (unpaired) electrons. The van der Waals surface area contributed by atoms with Crippen LogP contribution in [0.4, 0.5) is 4.79 Å². The molecule has 1 heterocycles. The number of carbonyl (C=O) groups is 2. The molecule has 1 aromatic carbocycles. The maximum Gasteiger partial charge on any atom is 0.417 e. The normalized spacial score (nSPS) is 19.1. The lowest BCUT2D eigenvalue weighted by molar-refractivity contribution is -0.124. The molecule has 4 heteroatoms. The van der Waals surface area contributed by atoms with Crippen molar-refractivity contribution in [1.29, 1.82) is 0 Å². The van der Waals surface area contributed by atoms with E-state index in [-0.39, 0.29) is 24.0 Å². The van der Waals surface area contributed by atoms with Crippen LogP contribution >= 0.6 is 0 Å². The average molecular weight is 287 g/mol. The summed E-state index contributed by atoms with van der Waals surface area (Å²) in [7, 11) is 0. The third-order valence-corrected chi connectivity index (χ3v) is 3.24. The second-order valence-corrected chi connectivity index (χ2v) is 6.33. The van der Waals surface area contributed by atoms with Gasteiger partial charge in [0.05, 0.1) is 6.04 Å². The third-order valence-electron chi connectivity index (χ3n) is 3.24. The maximum absolute atomic E-state index is 12.2. The van der Waals surface area contributed by atoms with Crippen molar-refractivity contribution < 1.29 is 14.3 Å². The number of allylic oxidation sites excluding steroid dienone is 1. The van der Waals surface area contributed by atoms with Gasteiger partial charge in [0.1, 0.15) is 6.61 Å². The van der Waals surface area contributed by atoms with Crippen molar-refractivity contribution in [3.8, 4) is 0 Å². The van der Waals surface area contributed by atoms with Gasteiger partial charge in [0.2, 0.25) is 0 Å². The van der Waals surface area contributed by atoms with Gasteiger partial charge >= 0.3 is 6.09 Å². The zero-order chi connectivity index (χ0) is 15.5. The highest BCUT2D eigenvalue weighted by molar-refractivity contribution is 5.99. The van der Waals surface area contributed by atoms with E-state index in [0.29, 0.717) is 6.42 Å². The summed E-state index contributed by atoms with van der Waals surface area (Å²) in [6, 6.07) is 9.55. The minimum absolute atomic E-state index is 0.103. The van der Waals surface area contributed by atoms with Gasteiger partial charge in [-0.1, -0.05) is 57.2 Å². The van der Waals surface area contributed by atoms with E-state index >= 15 is 0 Å². The number of carbonyl (C=O) groups excluding carboxylic acids is 2. The molecule has 0 bridgehead atoms. The minimum Gasteiger partial charge on any atom is -0.447 e. The Morgan fingerprint density at radius 3 is 2.62 bits per heavy atom. The zero-order valence-corrected chi connectivity index (χ0v) is 12.7. The third kappa shape index (κ3) is 4.18. The molecule has 1 aliphatic rings. The van der Waals surface area contributed by atoms with Crippen molar-refractivity contribution in [1.82, 2.24) is 4.90 Å². The van der Waals surface area contributed by atoms with Crippen LogP contribution in [0.3, 0.4) is 0 Å². The Bertz CT molecular complexity index is 543. The number of ether oxygens (including phenoxy) is 1. The lowest BCUT2D eigenvalue weighted by Crippen LogP contribution is -2.39. The summed E-state index contributed by atoms with van der Waals surface area (Å²) in [4.78, 5) is 25.2. The number of imide groups is 1. The standard InChI is InChI=1S/C17H21NO3/c1-17(2,3)10-9-15(19)18-14(12-21-16(18)20)11-13-7-5-4-6-8-13/h4-10,14H,11-12H2,1-3H3/t14-/m0/s1. The predicted octanol–water partition coefficient (Wildman–Crippen LogP) is 3.18. The summed E-state index contributed by atoms with van der Waals surface area (Å²) in [5.74, 6) is -0.312. The number of benzene rings is 1. The van der Waals surface area contributed by atoms with Crippen LogP contribution in [0.5, 0.6) is 0 Å². The molecule has 0 saturated carbocycles. The second-order valence-electron chi connectivity index (χ2n) is 6.33. The Morgan fingerprint density at radius 2 is 2.00 bits per heavy atom. The highest BCUT2D eigenvalue weighted by atomic mass is 16.6. The Morgan fingerprint density at radius 1 is 1.33 bits per heavy atom. The number of rotatable bonds is 3. The van der Waals surface area contributed by atoms with Gasteiger partial charge in [-0.2, -0.15) is 0 Å². The van der Waals surface area contributed by atoms with Crippen LogP contribution < -0.4 is 0 Å². The lowest BCUT2D eigenvalue weighted by Gasteiger charge is -2.19. The smallest absolute Gasteiger partial charge is 0.417 e. The molecule has 0 aliphatic carbocycles. The number of nitrogens with zero attached hydrogens (tertiary/aromatic N) is 1. The number of amides is 2. The molecule has 1 saturated heterocycles. The quantitative estimate of drug-likeness (QED) is 0.802. The van der Waals surface area contributed by atoms with E-state index in [0.717, 1.165) is 5.56 Å². The average Bonchev–Trinajstić information content (AvgIpc) is 2.77. The number of hydrogen-bond donors (Lipinski definition) is 0. The first-order valence-electron chi connectivity index (χ1n) is 7.10. The SMILES string of the molecule is CC(C)(C)C=CC(=O)N1C(=O)OC[C@@H]1Cc1ccccc1. The van der Waals surface area contributed by atoms with E-state index < -0.39 is 6.09 Å². The summed E-state index contributed by atoms with van der Waals surface area (Å²) in [5, 5.41) is 0. The van der Waals surface area contributed by atoms with Crippen LogP contribution in [0.1, 0.15) is 26.3 Å². The fourth-order valence-electron chi connectivity index (χ4n) is 2.17. The van der Waals surface area contributed by atoms with Gasteiger partial charge in [0.25, 0.3) is 5.91 Å². The van der Waals surface area contributed by atoms with Crippen molar-refractivity contribution in [2.45, 2.75) is 33.2 Å². The van der Waals surface area contributed by atoms with Crippen LogP contribution in [-0.4, -0.2) is 29.5 Å². The van der Waals surface area contributed by atoms with E-state index in [4.69, 9.17) is 4.74 Å². The van der Waals surface area contributed by atoms with E-state index in [2.05, 4.69) is 0 Å². The van der Waals surface area contributed by atoms with Gasteiger partial charge in [-0.3, -0.25) is 4.79 Å². The first kappa shape index (κ1) is 15.3. The maximum atomic E-state index is 12.2. The molecule has 0 spiro atoms. The van der Waals surface area contributed by atoms with Crippen molar-refractivity contribution in [2.75, 3.05) is 6.61 Å². The van der Waals surface area contributed by atoms with E-state index in [9.17, 15) is 9.59 Å². The highest BCUT2D eigenvalue weighted by Gasteiger charge is 2.36. The van der Waals surface area contributed by atoms with E-state index in [1.54, 1.807) is 6.08 Å². The molecule has 1 atom stereocenters. The van der Waals surface area contributed by atoms with Crippen molar-refractivity contribution in [3.63, 3.8) is 0 Å². The molecule has 21 heavy (non-hydrogen) atoms. The van der Waals surface area contributed by atoms with Gasteiger partial charge in [-0.05, 0) is 17.4 Å². The first-order valence-corrected chi connectivity index (χ1v) is 7.10. The van der Waals surface area contributed by atoms with Gasteiger partial charge in [-0.15, -0.1) is 0 Å². The van der Waals surface area contributed by atoms with Crippen LogP contribution in [0.25, 0.3) is 0 Å². The molecule has 0 N–H and O–H groups in total. The molecule has 1 aliphatic heterocycles. The Labute approximate surface area is 125 Å².